The highest BCUT2D eigenvalue weighted by molar-refractivity contribution is 5.85. The monoisotopic (exact) mass is 415 g/mol. The molecule has 0 unspecified atom stereocenters. The van der Waals surface area contributed by atoms with Gasteiger partial charge in [-0.3, -0.25) is 9.69 Å². The number of benzene rings is 1. The molecule has 3 rings (SSSR count). The number of hydrogen-bond donors (Lipinski definition) is 2. The molecule has 0 saturated carbocycles. The maximum Gasteiger partial charge on any atom is 0.220 e. The number of rotatable bonds is 6. The van der Waals surface area contributed by atoms with Crippen LogP contribution in [0.3, 0.4) is 0 Å². The Labute approximate surface area is 176 Å². The van der Waals surface area contributed by atoms with E-state index in [4.69, 9.17) is 0 Å². The zero-order valence-corrected chi connectivity index (χ0v) is 18.0. The van der Waals surface area contributed by atoms with Crippen LogP contribution in [0.5, 0.6) is 0 Å². The molecule has 2 aliphatic rings. The molecule has 1 amide bonds. The van der Waals surface area contributed by atoms with E-state index in [0.29, 0.717) is 12.5 Å². The first-order valence-electron chi connectivity index (χ1n) is 9.97. The third kappa shape index (κ3) is 7.98. The van der Waals surface area contributed by atoms with Crippen LogP contribution in [0.4, 0.5) is 0 Å². The second-order valence-corrected chi connectivity index (χ2v) is 7.78. The number of aryl methyl sites for hydroxylation is 1. The minimum atomic E-state index is 0. The van der Waals surface area contributed by atoms with Gasteiger partial charge in [-0.05, 0) is 69.2 Å². The summed E-state index contributed by atoms with van der Waals surface area (Å²) in [5, 5.41) is 6.66. The third-order valence-corrected chi connectivity index (χ3v) is 5.85. The van der Waals surface area contributed by atoms with Crippen molar-refractivity contribution in [2.45, 2.75) is 58.0 Å². The lowest BCUT2D eigenvalue weighted by molar-refractivity contribution is -0.122. The molecule has 0 radical (unpaired) electrons. The zero-order chi connectivity index (χ0) is 17.5. The number of amides is 1. The summed E-state index contributed by atoms with van der Waals surface area (Å²) in [6.07, 6.45) is 6.36. The number of likely N-dealkylation sites (tertiary alicyclic amines) is 1. The van der Waals surface area contributed by atoms with E-state index in [9.17, 15) is 4.79 Å². The first-order chi connectivity index (χ1) is 12.2. The number of carbonyl (C=O) groups excluding carboxylic acids is 1. The van der Waals surface area contributed by atoms with Gasteiger partial charge in [0.2, 0.25) is 5.91 Å². The fourth-order valence-electron chi connectivity index (χ4n) is 4.07. The first-order valence-corrected chi connectivity index (χ1v) is 9.97. The molecule has 27 heavy (non-hydrogen) atoms. The van der Waals surface area contributed by atoms with Crippen molar-refractivity contribution in [3.8, 4) is 0 Å². The van der Waals surface area contributed by atoms with E-state index in [0.717, 1.165) is 57.9 Å². The largest absolute Gasteiger partial charge is 0.353 e. The van der Waals surface area contributed by atoms with Gasteiger partial charge in [0.15, 0.2) is 0 Å². The molecule has 0 aromatic heterocycles. The number of nitrogens with zero attached hydrogens (tertiary/aromatic N) is 1. The van der Waals surface area contributed by atoms with Crippen LogP contribution in [0.2, 0.25) is 0 Å². The van der Waals surface area contributed by atoms with Crippen LogP contribution in [0.1, 0.15) is 49.7 Å². The van der Waals surface area contributed by atoms with Crippen molar-refractivity contribution in [1.82, 2.24) is 15.5 Å². The predicted molar refractivity (Wildman–Crippen MR) is 117 cm³/mol. The van der Waals surface area contributed by atoms with Crippen LogP contribution in [0.15, 0.2) is 24.3 Å². The Hall–Kier alpha value is -0.810. The lowest BCUT2D eigenvalue weighted by Gasteiger charge is -2.32. The second kappa shape index (κ2) is 12.6. The lowest BCUT2D eigenvalue weighted by Crippen LogP contribution is -2.44. The Morgan fingerprint density at radius 3 is 2.44 bits per heavy atom. The van der Waals surface area contributed by atoms with E-state index in [-0.39, 0.29) is 30.7 Å². The quantitative estimate of drug-likeness (QED) is 0.743. The lowest BCUT2D eigenvalue weighted by atomic mass is 9.93. The Bertz CT molecular complexity index is 556. The molecule has 0 aliphatic carbocycles. The number of halogens is 2. The number of piperidine rings is 2. The summed E-state index contributed by atoms with van der Waals surface area (Å²) in [6, 6.07) is 9.00. The average molecular weight is 416 g/mol. The van der Waals surface area contributed by atoms with E-state index in [1.807, 2.05) is 0 Å². The van der Waals surface area contributed by atoms with Crippen LogP contribution in [-0.4, -0.2) is 43.0 Å². The number of nitrogens with one attached hydrogen (secondary N) is 2. The van der Waals surface area contributed by atoms with E-state index < -0.39 is 0 Å². The average Bonchev–Trinajstić information content (AvgIpc) is 2.64. The maximum absolute atomic E-state index is 12.2. The van der Waals surface area contributed by atoms with Crippen molar-refractivity contribution >= 4 is 30.7 Å². The Balaban J connectivity index is 0.00000182. The molecule has 6 heteroatoms. The first kappa shape index (κ1) is 24.2. The topological polar surface area (TPSA) is 44.4 Å². The Morgan fingerprint density at radius 1 is 1.11 bits per heavy atom. The van der Waals surface area contributed by atoms with Crippen molar-refractivity contribution in [3.63, 3.8) is 0 Å². The van der Waals surface area contributed by atoms with Crippen molar-refractivity contribution < 1.29 is 4.79 Å². The SMILES string of the molecule is Cc1ccccc1CN1CCC(NC(=O)CCC2CCNCC2)CC1.Cl.Cl. The highest BCUT2D eigenvalue weighted by atomic mass is 35.5. The molecule has 2 N–H and O–H groups in total. The smallest absolute Gasteiger partial charge is 0.220 e. The van der Waals surface area contributed by atoms with Crippen LogP contribution in [-0.2, 0) is 11.3 Å². The molecule has 0 spiro atoms. The summed E-state index contributed by atoms with van der Waals surface area (Å²) in [4.78, 5) is 14.7. The molecule has 4 nitrogen and oxygen atoms in total. The highest BCUT2D eigenvalue weighted by Crippen LogP contribution is 2.19. The fraction of sp³-hybridized carbons (Fsp3) is 0.667. The van der Waals surface area contributed by atoms with E-state index in [1.165, 1.54) is 24.0 Å². The van der Waals surface area contributed by atoms with Crippen molar-refractivity contribution in [3.05, 3.63) is 35.4 Å². The molecule has 2 saturated heterocycles. The second-order valence-electron chi connectivity index (χ2n) is 7.78. The third-order valence-electron chi connectivity index (χ3n) is 5.85. The van der Waals surface area contributed by atoms with Gasteiger partial charge in [-0.1, -0.05) is 24.3 Å². The van der Waals surface area contributed by atoms with Gasteiger partial charge < -0.3 is 10.6 Å². The maximum atomic E-state index is 12.2. The van der Waals surface area contributed by atoms with Gasteiger partial charge in [-0.15, -0.1) is 24.8 Å². The minimum Gasteiger partial charge on any atom is -0.353 e. The summed E-state index contributed by atoms with van der Waals surface area (Å²) in [5.41, 5.74) is 2.79. The molecule has 0 atom stereocenters. The molecule has 2 fully saturated rings. The molecule has 1 aromatic carbocycles. The van der Waals surface area contributed by atoms with Gasteiger partial charge in [-0.25, -0.2) is 0 Å². The van der Waals surface area contributed by atoms with Gasteiger partial charge in [0.25, 0.3) is 0 Å². The van der Waals surface area contributed by atoms with Gasteiger partial charge in [0, 0.05) is 32.1 Å². The van der Waals surface area contributed by atoms with Crippen molar-refractivity contribution in [1.29, 1.82) is 0 Å². The summed E-state index contributed by atoms with van der Waals surface area (Å²) in [7, 11) is 0. The summed E-state index contributed by atoms with van der Waals surface area (Å²) < 4.78 is 0. The minimum absolute atomic E-state index is 0. The number of hydrogen-bond acceptors (Lipinski definition) is 3. The molecule has 154 valence electrons. The fourth-order valence-corrected chi connectivity index (χ4v) is 4.07. The van der Waals surface area contributed by atoms with Gasteiger partial charge in [0.05, 0.1) is 0 Å². The highest BCUT2D eigenvalue weighted by Gasteiger charge is 2.21. The van der Waals surface area contributed by atoms with E-state index >= 15 is 0 Å². The molecule has 0 bridgehead atoms. The zero-order valence-electron chi connectivity index (χ0n) is 16.4. The number of carbonyl (C=O) groups is 1. The van der Waals surface area contributed by atoms with Gasteiger partial charge >= 0.3 is 0 Å². The van der Waals surface area contributed by atoms with Crippen LogP contribution in [0, 0.1) is 12.8 Å². The van der Waals surface area contributed by atoms with Gasteiger partial charge in [-0.2, -0.15) is 0 Å². The van der Waals surface area contributed by atoms with E-state index in [2.05, 4.69) is 46.7 Å². The predicted octanol–water partition coefficient (Wildman–Crippen LogP) is 3.70. The van der Waals surface area contributed by atoms with Crippen LogP contribution < -0.4 is 10.6 Å². The molecular weight excluding hydrogens is 381 g/mol. The van der Waals surface area contributed by atoms with E-state index in [1.54, 1.807) is 0 Å². The van der Waals surface area contributed by atoms with Gasteiger partial charge in [0.1, 0.15) is 0 Å². The van der Waals surface area contributed by atoms with Crippen LogP contribution >= 0.6 is 24.8 Å². The molecule has 2 aliphatic heterocycles. The molecular formula is C21H35Cl2N3O. The standard InChI is InChI=1S/C21H33N3O.2ClH/c1-17-4-2-3-5-19(17)16-24-14-10-20(11-15-24)23-21(25)7-6-18-8-12-22-13-9-18;;/h2-5,18,20,22H,6-16H2,1H3,(H,23,25);2*1H. The molecule has 1 aromatic rings. The Morgan fingerprint density at radius 2 is 1.78 bits per heavy atom. The summed E-state index contributed by atoms with van der Waals surface area (Å²) >= 11 is 0. The summed E-state index contributed by atoms with van der Waals surface area (Å²) in [6.45, 7) is 7.60. The Kier molecular flexibility index (Phi) is 11.3. The van der Waals surface area contributed by atoms with Crippen molar-refractivity contribution in [2.75, 3.05) is 26.2 Å². The summed E-state index contributed by atoms with van der Waals surface area (Å²) in [5.74, 6) is 0.999. The molecule has 2 heterocycles. The van der Waals surface area contributed by atoms with Crippen LogP contribution in [0.25, 0.3) is 0 Å². The van der Waals surface area contributed by atoms with Crippen molar-refractivity contribution in [2.24, 2.45) is 5.92 Å². The normalized spacial score (nSPS) is 19.0.